The zero-order chi connectivity index (χ0) is 13.8. The van der Waals surface area contributed by atoms with Crippen LogP contribution in [0.15, 0.2) is 35.4 Å². The highest BCUT2D eigenvalue weighted by Crippen LogP contribution is 2.28. The Bertz CT molecular complexity index is 575. The molecule has 0 saturated carbocycles. The average Bonchev–Trinajstić information content (AvgIpc) is 2.37. The Morgan fingerprint density at radius 2 is 2.11 bits per heavy atom. The second-order valence-electron chi connectivity index (χ2n) is 4.22. The van der Waals surface area contributed by atoms with Crippen molar-refractivity contribution in [2.24, 2.45) is 0 Å². The van der Waals surface area contributed by atoms with Gasteiger partial charge in [-0.2, -0.15) is 0 Å². The number of thioether (sulfide) groups is 1. The second-order valence-corrected chi connectivity index (χ2v) is 5.65. The van der Waals surface area contributed by atoms with Crippen LogP contribution in [0.2, 0.25) is 5.02 Å². The van der Waals surface area contributed by atoms with Crippen LogP contribution in [-0.2, 0) is 5.75 Å². The number of halogens is 1. The van der Waals surface area contributed by atoms with Gasteiger partial charge in [-0.25, -0.2) is 9.97 Å². The smallest absolute Gasteiger partial charge is 0.138 e. The largest absolute Gasteiger partial charge is 0.389 e. The van der Waals surface area contributed by atoms with Crippen molar-refractivity contribution in [2.45, 2.75) is 30.6 Å². The number of aliphatic hydroxyl groups is 1. The summed E-state index contributed by atoms with van der Waals surface area (Å²) in [4.78, 5) is 9.69. The van der Waals surface area contributed by atoms with Gasteiger partial charge in [0.05, 0.1) is 16.9 Å². The number of aliphatic hydroxyl groups excluding tert-OH is 1. The fourth-order valence-electron chi connectivity index (χ4n) is 1.71. The van der Waals surface area contributed by atoms with E-state index in [1.807, 2.05) is 31.2 Å². The fourth-order valence-corrected chi connectivity index (χ4v) is 2.81. The Balaban J connectivity index is 2.08. The van der Waals surface area contributed by atoms with E-state index < -0.39 is 6.10 Å². The summed E-state index contributed by atoms with van der Waals surface area (Å²) >= 11 is 7.70. The predicted octanol–water partition coefficient (Wildman–Crippen LogP) is 3.78. The molecule has 1 N–H and O–H groups in total. The number of aromatic nitrogens is 2. The lowest BCUT2D eigenvalue weighted by Gasteiger charge is -2.09. The Morgan fingerprint density at radius 1 is 1.37 bits per heavy atom. The molecule has 3 nitrogen and oxygen atoms in total. The molecule has 5 heteroatoms. The zero-order valence-electron chi connectivity index (χ0n) is 10.8. The van der Waals surface area contributed by atoms with Crippen molar-refractivity contribution in [1.29, 1.82) is 0 Å². The number of aryl methyl sites for hydroxylation is 1. The standard InChI is InChI=1S/C14H15ClN2OS/c1-9-11(10(2)18)7-16-14(17-9)8-19-13-6-4-3-5-12(13)15/h3-7,10,18H,8H2,1-2H3/t10-/m0/s1. The summed E-state index contributed by atoms with van der Waals surface area (Å²) in [5, 5.41) is 10.3. The second kappa shape index (κ2) is 6.37. The highest BCUT2D eigenvalue weighted by Gasteiger charge is 2.09. The van der Waals surface area contributed by atoms with Gasteiger partial charge in [0.2, 0.25) is 0 Å². The minimum absolute atomic E-state index is 0.537. The van der Waals surface area contributed by atoms with Crippen molar-refractivity contribution < 1.29 is 5.11 Å². The molecule has 1 aromatic heterocycles. The van der Waals surface area contributed by atoms with Crippen molar-refractivity contribution in [3.8, 4) is 0 Å². The first-order valence-electron chi connectivity index (χ1n) is 5.95. The monoisotopic (exact) mass is 294 g/mol. The number of rotatable bonds is 4. The van der Waals surface area contributed by atoms with Gasteiger partial charge in [-0.1, -0.05) is 23.7 Å². The van der Waals surface area contributed by atoms with E-state index in [0.717, 1.165) is 27.0 Å². The van der Waals surface area contributed by atoms with Crippen LogP contribution in [0.25, 0.3) is 0 Å². The lowest BCUT2D eigenvalue weighted by molar-refractivity contribution is 0.197. The van der Waals surface area contributed by atoms with Gasteiger partial charge in [-0.05, 0) is 26.0 Å². The SMILES string of the molecule is Cc1nc(CSc2ccccc2Cl)ncc1[C@H](C)O. The first kappa shape index (κ1) is 14.3. The Hall–Kier alpha value is -1.10. The molecule has 0 saturated heterocycles. The van der Waals surface area contributed by atoms with Crippen LogP contribution in [0.3, 0.4) is 0 Å². The lowest BCUT2D eigenvalue weighted by Crippen LogP contribution is -2.02. The van der Waals surface area contributed by atoms with E-state index in [-0.39, 0.29) is 0 Å². The van der Waals surface area contributed by atoms with E-state index in [9.17, 15) is 5.11 Å². The minimum atomic E-state index is -0.537. The van der Waals surface area contributed by atoms with Crippen LogP contribution in [0.4, 0.5) is 0 Å². The Labute approximate surface area is 122 Å². The summed E-state index contributed by atoms with van der Waals surface area (Å²) in [6.45, 7) is 3.59. The molecule has 1 aromatic carbocycles. The predicted molar refractivity (Wildman–Crippen MR) is 78.4 cm³/mol. The summed E-state index contributed by atoms with van der Waals surface area (Å²) in [6.07, 6.45) is 1.15. The normalized spacial score (nSPS) is 12.4. The molecule has 0 bridgehead atoms. The van der Waals surface area contributed by atoms with Crippen LogP contribution >= 0.6 is 23.4 Å². The summed E-state index contributed by atoms with van der Waals surface area (Å²) in [6, 6.07) is 7.71. The molecule has 0 unspecified atom stereocenters. The number of hydrogen-bond acceptors (Lipinski definition) is 4. The Kier molecular flexibility index (Phi) is 4.80. The van der Waals surface area contributed by atoms with Gasteiger partial charge in [-0.15, -0.1) is 11.8 Å². The molecule has 1 atom stereocenters. The molecule has 0 aliphatic rings. The van der Waals surface area contributed by atoms with E-state index in [1.54, 1.807) is 24.9 Å². The molecule has 1 heterocycles. The first-order valence-corrected chi connectivity index (χ1v) is 7.32. The number of nitrogens with zero attached hydrogens (tertiary/aromatic N) is 2. The fraction of sp³-hybridized carbons (Fsp3) is 0.286. The molecule has 2 aromatic rings. The molecule has 0 amide bonds. The van der Waals surface area contributed by atoms with Crippen LogP contribution in [0, 0.1) is 6.92 Å². The molecule has 19 heavy (non-hydrogen) atoms. The zero-order valence-corrected chi connectivity index (χ0v) is 12.4. The van der Waals surface area contributed by atoms with Crippen molar-refractivity contribution in [3.63, 3.8) is 0 Å². The quantitative estimate of drug-likeness (QED) is 0.872. The minimum Gasteiger partial charge on any atom is -0.389 e. The van der Waals surface area contributed by atoms with E-state index in [0.29, 0.717) is 5.75 Å². The first-order chi connectivity index (χ1) is 9.08. The van der Waals surface area contributed by atoms with E-state index >= 15 is 0 Å². The third kappa shape index (κ3) is 3.69. The Morgan fingerprint density at radius 3 is 2.74 bits per heavy atom. The molecule has 2 rings (SSSR count). The van der Waals surface area contributed by atoms with Crippen molar-refractivity contribution >= 4 is 23.4 Å². The third-order valence-corrected chi connectivity index (χ3v) is 4.22. The van der Waals surface area contributed by atoms with Crippen molar-refractivity contribution in [2.75, 3.05) is 0 Å². The van der Waals surface area contributed by atoms with Crippen molar-refractivity contribution in [1.82, 2.24) is 9.97 Å². The molecule has 0 aliphatic heterocycles. The molecule has 0 aliphatic carbocycles. The maximum Gasteiger partial charge on any atom is 0.138 e. The van der Waals surface area contributed by atoms with Gasteiger partial charge < -0.3 is 5.11 Å². The van der Waals surface area contributed by atoms with Gasteiger partial charge in [0, 0.05) is 22.3 Å². The average molecular weight is 295 g/mol. The van der Waals surface area contributed by atoms with Gasteiger partial charge in [0.25, 0.3) is 0 Å². The molecule has 0 fully saturated rings. The summed E-state index contributed by atoms with van der Waals surface area (Å²) in [5.41, 5.74) is 1.59. The maximum absolute atomic E-state index is 9.54. The topological polar surface area (TPSA) is 46.0 Å². The van der Waals surface area contributed by atoms with E-state index in [2.05, 4.69) is 9.97 Å². The molecular formula is C14H15ClN2OS. The van der Waals surface area contributed by atoms with Crippen LogP contribution in [0.5, 0.6) is 0 Å². The van der Waals surface area contributed by atoms with Crippen LogP contribution in [-0.4, -0.2) is 15.1 Å². The van der Waals surface area contributed by atoms with Gasteiger partial charge >= 0.3 is 0 Å². The summed E-state index contributed by atoms with van der Waals surface area (Å²) < 4.78 is 0. The maximum atomic E-state index is 9.54. The van der Waals surface area contributed by atoms with Gasteiger partial charge in [0.1, 0.15) is 5.82 Å². The molecule has 0 spiro atoms. The number of hydrogen-bond donors (Lipinski definition) is 1. The molecular weight excluding hydrogens is 280 g/mol. The van der Waals surface area contributed by atoms with Crippen molar-refractivity contribution in [3.05, 3.63) is 52.6 Å². The third-order valence-electron chi connectivity index (χ3n) is 2.71. The van der Waals surface area contributed by atoms with Gasteiger partial charge in [-0.3, -0.25) is 0 Å². The van der Waals surface area contributed by atoms with E-state index in [4.69, 9.17) is 11.6 Å². The number of benzene rings is 1. The lowest BCUT2D eigenvalue weighted by atomic mass is 10.1. The molecule has 100 valence electrons. The van der Waals surface area contributed by atoms with Crippen LogP contribution < -0.4 is 0 Å². The highest BCUT2D eigenvalue weighted by atomic mass is 35.5. The summed E-state index contributed by atoms with van der Waals surface area (Å²) in [7, 11) is 0. The van der Waals surface area contributed by atoms with E-state index in [1.165, 1.54) is 0 Å². The summed E-state index contributed by atoms with van der Waals surface area (Å²) in [5.74, 6) is 1.40. The molecule has 0 radical (unpaired) electrons. The highest BCUT2D eigenvalue weighted by molar-refractivity contribution is 7.98. The van der Waals surface area contributed by atoms with Gasteiger partial charge in [0.15, 0.2) is 0 Å². The van der Waals surface area contributed by atoms with Crippen LogP contribution in [0.1, 0.15) is 30.1 Å².